The van der Waals surface area contributed by atoms with Crippen LogP contribution in [0.15, 0.2) is 60.7 Å². The van der Waals surface area contributed by atoms with E-state index in [-0.39, 0.29) is 12.0 Å². The lowest BCUT2D eigenvalue weighted by Crippen LogP contribution is -2.32. The molecule has 0 unspecified atom stereocenters. The number of hydrogen-bond donors (Lipinski definition) is 0. The van der Waals surface area contributed by atoms with E-state index in [2.05, 4.69) is 25.1 Å². The zero-order valence-electron chi connectivity index (χ0n) is 18.6. The Morgan fingerprint density at radius 1 is 1.09 bits per heavy atom. The average Bonchev–Trinajstić information content (AvgIpc) is 3.23. The van der Waals surface area contributed by atoms with Crippen LogP contribution >= 0.6 is 0 Å². The fourth-order valence-electron chi connectivity index (χ4n) is 4.39. The number of carbonyl (C=O) groups is 1. The lowest BCUT2D eigenvalue weighted by Gasteiger charge is -2.21. The molecule has 0 aliphatic carbocycles. The molecule has 3 aromatic rings. The molecule has 0 bridgehead atoms. The molecule has 5 rings (SSSR count). The highest BCUT2D eigenvalue weighted by Gasteiger charge is 2.27. The van der Waals surface area contributed by atoms with Crippen molar-refractivity contribution in [1.82, 2.24) is 4.90 Å². The second kappa shape index (κ2) is 9.24. The van der Waals surface area contributed by atoms with E-state index in [1.54, 1.807) is 17.0 Å². The lowest BCUT2D eigenvalue weighted by atomic mass is 9.97. The highest BCUT2D eigenvalue weighted by Crippen LogP contribution is 2.40. The van der Waals surface area contributed by atoms with Crippen LogP contribution in [0.3, 0.4) is 0 Å². The standard InChI is InChI=1S/C27H26FNO4/c1-18-5-2-3-8-24(18)20-13-21-16-29(27(30)19-6-4-7-22(28)14-19)10-12-32-26(21)25(15-20)33-23-9-11-31-17-23/h2-8,13-15,23H,9-12,16-17H2,1H3/t23-/m0/s1. The summed E-state index contributed by atoms with van der Waals surface area (Å²) in [5, 5.41) is 0. The SMILES string of the molecule is Cc1ccccc1-c1cc2c(c(O[C@H]3CCOC3)c1)OCCN(C(=O)c1cccc(F)c1)C2. The fraction of sp³-hybridized carbons (Fsp3) is 0.296. The Morgan fingerprint density at radius 2 is 1.97 bits per heavy atom. The number of hydrogen-bond acceptors (Lipinski definition) is 4. The molecule has 170 valence electrons. The third-order valence-electron chi connectivity index (χ3n) is 6.10. The second-order valence-corrected chi connectivity index (χ2v) is 8.47. The molecule has 2 aliphatic rings. The number of ether oxygens (including phenoxy) is 3. The van der Waals surface area contributed by atoms with Gasteiger partial charge < -0.3 is 19.1 Å². The lowest BCUT2D eigenvalue weighted by molar-refractivity contribution is 0.0732. The fourth-order valence-corrected chi connectivity index (χ4v) is 4.39. The summed E-state index contributed by atoms with van der Waals surface area (Å²) >= 11 is 0. The Balaban J connectivity index is 1.54. The number of fused-ring (bicyclic) bond motifs is 1. The van der Waals surface area contributed by atoms with Crippen LogP contribution in [0.5, 0.6) is 11.5 Å². The van der Waals surface area contributed by atoms with Gasteiger partial charge in [0, 0.05) is 24.1 Å². The Labute approximate surface area is 192 Å². The van der Waals surface area contributed by atoms with E-state index >= 15 is 0 Å². The van der Waals surface area contributed by atoms with Crippen molar-refractivity contribution in [2.45, 2.75) is 26.0 Å². The van der Waals surface area contributed by atoms with Gasteiger partial charge in [-0.1, -0.05) is 30.3 Å². The molecule has 1 amide bonds. The third kappa shape index (κ3) is 4.57. The van der Waals surface area contributed by atoms with Crippen LogP contribution in [0.25, 0.3) is 11.1 Å². The van der Waals surface area contributed by atoms with Crippen molar-refractivity contribution < 1.29 is 23.4 Å². The minimum Gasteiger partial charge on any atom is -0.487 e. The molecule has 2 aliphatic heterocycles. The highest BCUT2D eigenvalue weighted by molar-refractivity contribution is 5.94. The normalized spacial score (nSPS) is 17.8. The highest BCUT2D eigenvalue weighted by atomic mass is 19.1. The molecular formula is C27H26FNO4. The van der Waals surface area contributed by atoms with Gasteiger partial charge in [-0.2, -0.15) is 0 Å². The number of nitrogens with zero attached hydrogens (tertiary/aromatic N) is 1. The average molecular weight is 448 g/mol. The predicted molar refractivity (Wildman–Crippen MR) is 123 cm³/mol. The first-order chi connectivity index (χ1) is 16.1. The van der Waals surface area contributed by atoms with Crippen LogP contribution in [0, 0.1) is 12.7 Å². The maximum absolute atomic E-state index is 13.7. The third-order valence-corrected chi connectivity index (χ3v) is 6.10. The van der Waals surface area contributed by atoms with Gasteiger partial charge in [0.2, 0.25) is 0 Å². The largest absolute Gasteiger partial charge is 0.487 e. The summed E-state index contributed by atoms with van der Waals surface area (Å²) in [6, 6.07) is 18.0. The van der Waals surface area contributed by atoms with E-state index in [9.17, 15) is 9.18 Å². The first kappa shape index (κ1) is 21.5. The molecule has 1 saturated heterocycles. The molecule has 0 spiro atoms. The van der Waals surface area contributed by atoms with Crippen LogP contribution in [-0.2, 0) is 11.3 Å². The molecular weight excluding hydrogens is 421 g/mol. The smallest absolute Gasteiger partial charge is 0.254 e. The van der Waals surface area contributed by atoms with Crippen molar-refractivity contribution in [3.05, 3.63) is 83.2 Å². The molecule has 3 aromatic carbocycles. The molecule has 1 atom stereocenters. The van der Waals surface area contributed by atoms with E-state index in [1.807, 2.05) is 18.2 Å². The summed E-state index contributed by atoms with van der Waals surface area (Å²) in [7, 11) is 0. The van der Waals surface area contributed by atoms with Gasteiger partial charge in [-0.15, -0.1) is 0 Å². The molecule has 1 fully saturated rings. The van der Waals surface area contributed by atoms with Gasteiger partial charge in [0.25, 0.3) is 5.91 Å². The van der Waals surface area contributed by atoms with Crippen molar-refractivity contribution >= 4 is 5.91 Å². The zero-order valence-corrected chi connectivity index (χ0v) is 18.6. The van der Waals surface area contributed by atoms with Gasteiger partial charge >= 0.3 is 0 Å². The molecule has 6 heteroatoms. The molecule has 33 heavy (non-hydrogen) atoms. The van der Waals surface area contributed by atoms with Gasteiger partial charge in [-0.05, 0) is 53.9 Å². The number of amides is 1. The monoisotopic (exact) mass is 447 g/mol. The van der Waals surface area contributed by atoms with Gasteiger partial charge in [-0.25, -0.2) is 4.39 Å². The van der Waals surface area contributed by atoms with Crippen molar-refractivity contribution in [2.75, 3.05) is 26.4 Å². The molecule has 5 nitrogen and oxygen atoms in total. The van der Waals surface area contributed by atoms with Gasteiger partial charge in [0.15, 0.2) is 11.5 Å². The summed E-state index contributed by atoms with van der Waals surface area (Å²) in [6.07, 6.45) is 0.797. The summed E-state index contributed by atoms with van der Waals surface area (Å²) in [5.74, 6) is 0.678. The summed E-state index contributed by atoms with van der Waals surface area (Å²) in [5.41, 5.74) is 4.44. The summed E-state index contributed by atoms with van der Waals surface area (Å²) < 4.78 is 31.6. The minimum atomic E-state index is -0.427. The molecule has 0 aromatic heterocycles. The minimum absolute atomic E-state index is 0.0295. The summed E-state index contributed by atoms with van der Waals surface area (Å²) in [6.45, 7) is 4.38. The van der Waals surface area contributed by atoms with Crippen molar-refractivity contribution in [2.24, 2.45) is 0 Å². The van der Waals surface area contributed by atoms with Gasteiger partial charge in [-0.3, -0.25) is 4.79 Å². The first-order valence-corrected chi connectivity index (χ1v) is 11.2. The number of carbonyl (C=O) groups excluding carboxylic acids is 1. The molecule has 2 heterocycles. The maximum atomic E-state index is 13.7. The van der Waals surface area contributed by atoms with E-state index in [0.717, 1.165) is 28.7 Å². The Morgan fingerprint density at radius 3 is 2.76 bits per heavy atom. The van der Waals surface area contributed by atoms with E-state index in [1.165, 1.54) is 12.1 Å². The molecule has 0 radical (unpaired) electrons. The van der Waals surface area contributed by atoms with Crippen molar-refractivity contribution in [1.29, 1.82) is 0 Å². The molecule has 0 N–H and O–H groups in total. The van der Waals surface area contributed by atoms with Crippen LogP contribution < -0.4 is 9.47 Å². The van der Waals surface area contributed by atoms with Gasteiger partial charge in [0.05, 0.1) is 19.8 Å². The number of halogens is 1. The maximum Gasteiger partial charge on any atom is 0.254 e. The second-order valence-electron chi connectivity index (χ2n) is 8.47. The Bertz CT molecular complexity index is 1170. The van der Waals surface area contributed by atoms with Crippen LogP contribution in [0.2, 0.25) is 0 Å². The number of aryl methyl sites for hydroxylation is 1. The van der Waals surface area contributed by atoms with Crippen LogP contribution in [0.4, 0.5) is 4.39 Å². The quantitative estimate of drug-likeness (QED) is 0.565. The first-order valence-electron chi connectivity index (χ1n) is 11.2. The number of rotatable bonds is 4. The Kier molecular flexibility index (Phi) is 6.01. The van der Waals surface area contributed by atoms with E-state index in [0.29, 0.717) is 50.0 Å². The van der Waals surface area contributed by atoms with Crippen LogP contribution in [-0.4, -0.2) is 43.3 Å². The molecule has 0 saturated carbocycles. The Hall–Kier alpha value is -3.38. The van der Waals surface area contributed by atoms with Crippen molar-refractivity contribution in [3.63, 3.8) is 0 Å². The zero-order chi connectivity index (χ0) is 22.8. The number of benzene rings is 3. The summed E-state index contributed by atoms with van der Waals surface area (Å²) in [4.78, 5) is 14.8. The predicted octanol–water partition coefficient (Wildman–Crippen LogP) is 5.00. The topological polar surface area (TPSA) is 48.0 Å². The van der Waals surface area contributed by atoms with Gasteiger partial charge in [0.1, 0.15) is 18.5 Å². The van der Waals surface area contributed by atoms with E-state index in [4.69, 9.17) is 14.2 Å². The van der Waals surface area contributed by atoms with E-state index < -0.39 is 5.82 Å². The van der Waals surface area contributed by atoms with Crippen molar-refractivity contribution in [3.8, 4) is 22.6 Å². The van der Waals surface area contributed by atoms with Crippen LogP contribution in [0.1, 0.15) is 27.9 Å².